The van der Waals surface area contributed by atoms with E-state index in [9.17, 15) is 14.0 Å². The number of halogens is 1. The number of ether oxygens (including phenoxy) is 2. The predicted molar refractivity (Wildman–Crippen MR) is 123 cm³/mol. The van der Waals surface area contributed by atoms with E-state index in [2.05, 4.69) is 10.4 Å². The highest BCUT2D eigenvalue weighted by Gasteiger charge is 2.34. The normalized spacial score (nSPS) is 15.2. The van der Waals surface area contributed by atoms with E-state index in [1.807, 2.05) is 31.2 Å². The van der Waals surface area contributed by atoms with Crippen LogP contribution in [-0.4, -0.2) is 68.0 Å². The Morgan fingerprint density at radius 1 is 1.15 bits per heavy atom. The molecule has 1 heterocycles. The second-order valence-electron chi connectivity index (χ2n) is 7.53. The van der Waals surface area contributed by atoms with Crippen LogP contribution in [0.15, 0.2) is 53.6 Å². The fraction of sp³-hybridized carbons (Fsp3) is 0.375. The van der Waals surface area contributed by atoms with Crippen molar-refractivity contribution in [2.24, 2.45) is 5.10 Å². The zero-order valence-electron chi connectivity index (χ0n) is 19.1. The molecule has 8 nitrogen and oxygen atoms in total. The first-order valence-corrected chi connectivity index (χ1v) is 10.8. The Bertz CT molecular complexity index is 979. The number of carbonyl (C=O) groups is 2. The summed E-state index contributed by atoms with van der Waals surface area (Å²) in [6.45, 7) is 2.68. The minimum atomic E-state index is -0.359. The number of rotatable bonds is 9. The van der Waals surface area contributed by atoms with E-state index < -0.39 is 0 Å². The van der Waals surface area contributed by atoms with Gasteiger partial charge in [0.1, 0.15) is 18.1 Å². The quantitative estimate of drug-likeness (QED) is 0.628. The molecule has 0 radical (unpaired) electrons. The fourth-order valence-electron chi connectivity index (χ4n) is 3.60. The van der Waals surface area contributed by atoms with Gasteiger partial charge in [0.25, 0.3) is 5.91 Å². The third-order valence-electron chi connectivity index (χ3n) is 5.35. The van der Waals surface area contributed by atoms with Gasteiger partial charge in [-0.15, -0.1) is 0 Å². The summed E-state index contributed by atoms with van der Waals surface area (Å²) in [6, 6.07) is 12.8. The molecule has 0 aliphatic carbocycles. The summed E-state index contributed by atoms with van der Waals surface area (Å²) < 4.78 is 23.7. The maximum absolute atomic E-state index is 13.4. The van der Waals surface area contributed by atoms with Crippen LogP contribution in [0, 0.1) is 5.82 Å². The zero-order valence-corrected chi connectivity index (χ0v) is 19.1. The number of hydrogen-bond acceptors (Lipinski definition) is 5. The predicted octanol–water partition coefficient (Wildman–Crippen LogP) is 3.19. The third kappa shape index (κ3) is 6.07. The second-order valence-corrected chi connectivity index (χ2v) is 7.53. The summed E-state index contributed by atoms with van der Waals surface area (Å²) in [5, 5.41) is 8.72. The molecule has 1 N–H and O–H groups in total. The SMILES string of the molecule is CCNC(=O)N(CCOC)CC(=O)N1N=C(c2ccc(F)cc2)C[C@H]1c1ccc(OC)cc1. The number of carbonyl (C=O) groups excluding carboxylic acids is 2. The number of urea groups is 1. The minimum absolute atomic E-state index is 0.151. The van der Waals surface area contributed by atoms with Crippen LogP contribution in [-0.2, 0) is 9.53 Å². The summed E-state index contributed by atoms with van der Waals surface area (Å²) in [4.78, 5) is 27.2. The minimum Gasteiger partial charge on any atom is -0.497 e. The van der Waals surface area contributed by atoms with Gasteiger partial charge in [-0.3, -0.25) is 4.79 Å². The van der Waals surface area contributed by atoms with E-state index in [0.29, 0.717) is 31.0 Å². The fourth-order valence-corrected chi connectivity index (χ4v) is 3.60. The number of hydrogen-bond donors (Lipinski definition) is 1. The van der Waals surface area contributed by atoms with Gasteiger partial charge in [0, 0.05) is 26.6 Å². The van der Waals surface area contributed by atoms with Crippen molar-refractivity contribution in [2.75, 3.05) is 40.5 Å². The van der Waals surface area contributed by atoms with Gasteiger partial charge in [-0.1, -0.05) is 24.3 Å². The molecule has 9 heteroatoms. The van der Waals surface area contributed by atoms with Crippen molar-refractivity contribution in [3.63, 3.8) is 0 Å². The first-order valence-electron chi connectivity index (χ1n) is 10.8. The van der Waals surface area contributed by atoms with Crippen LogP contribution in [0.1, 0.15) is 30.5 Å². The van der Waals surface area contributed by atoms with Crippen molar-refractivity contribution in [1.82, 2.24) is 15.2 Å². The van der Waals surface area contributed by atoms with Crippen LogP contribution in [0.25, 0.3) is 0 Å². The van der Waals surface area contributed by atoms with Crippen LogP contribution in [0.4, 0.5) is 9.18 Å². The standard InChI is InChI=1S/C24H29FN4O4/c1-4-26-24(31)28(13-14-32-2)16-23(30)29-22(18-7-11-20(33-3)12-8-18)15-21(27-29)17-5-9-19(25)10-6-17/h5-12,22H,4,13-16H2,1-3H3,(H,26,31)/t22-/m0/s1. The van der Waals surface area contributed by atoms with Crippen molar-refractivity contribution in [2.45, 2.75) is 19.4 Å². The monoisotopic (exact) mass is 456 g/mol. The van der Waals surface area contributed by atoms with Gasteiger partial charge in [0.05, 0.1) is 25.5 Å². The maximum Gasteiger partial charge on any atom is 0.317 e. The van der Waals surface area contributed by atoms with Gasteiger partial charge >= 0.3 is 6.03 Å². The van der Waals surface area contributed by atoms with Crippen LogP contribution in [0.3, 0.4) is 0 Å². The number of benzene rings is 2. The summed E-state index contributed by atoms with van der Waals surface area (Å²) in [7, 11) is 3.13. The van der Waals surface area contributed by atoms with Crippen molar-refractivity contribution in [1.29, 1.82) is 0 Å². The Morgan fingerprint density at radius 2 is 1.85 bits per heavy atom. The lowest BCUT2D eigenvalue weighted by molar-refractivity contribution is -0.133. The molecule has 2 aromatic rings. The lowest BCUT2D eigenvalue weighted by Gasteiger charge is -2.27. The van der Waals surface area contributed by atoms with Crippen LogP contribution in [0.2, 0.25) is 0 Å². The van der Waals surface area contributed by atoms with Crippen LogP contribution >= 0.6 is 0 Å². The Morgan fingerprint density at radius 3 is 2.45 bits per heavy atom. The van der Waals surface area contributed by atoms with Crippen molar-refractivity contribution < 1.29 is 23.5 Å². The van der Waals surface area contributed by atoms with Gasteiger partial charge in [0.15, 0.2) is 0 Å². The lowest BCUT2D eigenvalue weighted by atomic mass is 9.98. The maximum atomic E-state index is 13.4. The summed E-state index contributed by atoms with van der Waals surface area (Å²) >= 11 is 0. The van der Waals surface area contributed by atoms with Gasteiger partial charge in [-0.05, 0) is 42.3 Å². The summed E-state index contributed by atoms with van der Waals surface area (Å²) in [5.41, 5.74) is 2.29. The molecule has 1 aliphatic rings. The van der Waals surface area contributed by atoms with E-state index in [1.54, 1.807) is 19.2 Å². The largest absolute Gasteiger partial charge is 0.497 e. The highest BCUT2D eigenvalue weighted by Crippen LogP contribution is 2.33. The number of methoxy groups -OCH3 is 2. The number of amides is 3. The molecular formula is C24H29FN4O4. The second kappa shape index (κ2) is 11.4. The Kier molecular flexibility index (Phi) is 8.37. The van der Waals surface area contributed by atoms with Gasteiger partial charge in [-0.25, -0.2) is 14.2 Å². The highest BCUT2D eigenvalue weighted by molar-refractivity contribution is 6.03. The number of nitrogens with zero attached hydrogens (tertiary/aromatic N) is 3. The molecule has 1 aliphatic heterocycles. The van der Waals surface area contributed by atoms with Crippen LogP contribution < -0.4 is 10.1 Å². The van der Waals surface area contributed by atoms with Gasteiger partial charge in [0.2, 0.25) is 0 Å². The molecule has 0 saturated carbocycles. The molecule has 0 spiro atoms. The van der Waals surface area contributed by atoms with Gasteiger partial charge < -0.3 is 19.7 Å². The molecule has 0 fully saturated rings. The first kappa shape index (κ1) is 24.2. The van der Waals surface area contributed by atoms with E-state index in [0.717, 1.165) is 11.1 Å². The molecule has 0 bridgehead atoms. The molecule has 176 valence electrons. The van der Waals surface area contributed by atoms with E-state index in [-0.39, 0.29) is 36.9 Å². The summed E-state index contributed by atoms with van der Waals surface area (Å²) in [5.74, 6) is 0.0410. The lowest BCUT2D eigenvalue weighted by Crippen LogP contribution is -2.47. The average molecular weight is 457 g/mol. The van der Waals surface area contributed by atoms with Gasteiger partial charge in [-0.2, -0.15) is 5.10 Å². The number of nitrogens with one attached hydrogen (secondary N) is 1. The molecule has 3 amide bonds. The van der Waals surface area contributed by atoms with Crippen molar-refractivity contribution >= 4 is 17.6 Å². The smallest absolute Gasteiger partial charge is 0.317 e. The third-order valence-corrected chi connectivity index (χ3v) is 5.35. The summed E-state index contributed by atoms with van der Waals surface area (Å²) in [6.07, 6.45) is 0.461. The van der Waals surface area contributed by atoms with E-state index in [4.69, 9.17) is 9.47 Å². The molecular weight excluding hydrogens is 427 g/mol. The van der Waals surface area contributed by atoms with E-state index >= 15 is 0 Å². The molecule has 2 aromatic carbocycles. The topological polar surface area (TPSA) is 83.5 Å². The average Bonchev–Trinajstić information content (AvgIpc) is 3.28. The molecule has 0 aromatic heterocycles. The molecule has 0 unspecified atom stereocenters. The molecule has 33 heavy (non-hydrogen) atoms. The van der Waals surface area contributed by atoms with Crippen molar-refractivity contribution in [3.05, 3.63) is 65.5 Å². The Labute approximate surface area is 193 Å². The molecule has 0 saturated heterocycles. The highest BCUT2D eigenvalue weighted by atomic mass is 19.1. The molecule has 3 rings (SSSR count). The molecule has 1 atom stereocenters. The number of hydrazone groups is 1. The van der Waals surface area contributed by atoms with E-state index in [1.165, 1.54) is 29.2 Å². The van der Waals surface area contributed by atoms with Crippen molar-refractivity contribution in [3.8, 4) is 5.75 Å². The first-order chi connectivity index (χ1) is 16.0. The Balaban J connectivity index is 1.88. The Hall–Kier alpha value is -3.46. The zero-order chi connectivity index (χ0) is 23.8. The van der Waals surface area contributed by atoms with Crippen LogP contribution in [0.5, 0.6) is 5.75 Å².